The van der Waals surface area contributed by atoms with Crippen molar-refractivity contribution < 1.29 is 19.1 Å². The van der Waals surface area contributed by atoms with E-state index < -0.39 is 0 Å². The highest BCUT2D eigenvalue weighted by Gasteiger charge is 2.27. The molecule has 3 rings (SSSR count). The van der Waals surface area contributed by atoms with Gasteiger partial charge in [-0.2, -0.15) is 0 Å². The molecule has 0 aromatic heterocycles. The van der Waals surface area contributed by atoms with Gasteiger partial charge in [-0.05, 0) is 58.3 Å². The highest BCUT2D eigenvalue weighted by atomic mass is 16.5. The van der Waals surface area contributed by atoms with Gasteiger partial charge in [-0.1, -0.05) is 6.07 Å². The molecule has 1 atom stereocenters. The van der Waals surface area contributed by atoms with Crippen LogP contribution in [0.25, 0.3) is 0 Å². The van der Waals surface area contributed by atoms with Gasteiger partial charge in [0.1, 0.15) is 12.3 Å². The van der Waals surface area contributed by atoms with Crippen LogP contribution in [0, 0.1) is 0 Å². The van der Waals surface area contributed by atoms with Gasteiger partial charge in [0.25, 0.3) is 0 Å². The first-order valence-electron chi connectivity index (χ1n) is 11.7. The van der Waals surface area contributed by atoms with Crippen molar-refractivity contribution in [1.29, 1.82) is 0 Å². The molecule has 1 fully saturated rings. The van der Waals surface area contributed by atoms with Crippen molar-refractivity contribution in [2.75, 3.05) is 26.2 Å². The van der Waals surface area contributed by atoms with Crippen LogP contribution < -0.4 is 21.1 Å². The van der Waals surface area contributed by atoms with E-state index in [1.54, 1.807) is 11.0 Å². The second-order valence-electron chi connectivity index (χ2n) is 9.86. The minimum Gasteiger partial charge on any atom is -0.493 e. The third kappa shape index (κ3) is 7.18. The van der Waals surface area contributed by atoms with E-state index in [0.29, 0.717) is 37.0 Å². The van der Waals surface area contributed by atoms with E-state index in [1.807, 2.05) is 32.9 Å². The van der Waals surface area contributed by atoms with Crippen molar-refractivity contribution in [2.24, 2.45) is 10.7 Å². The quantitative estimate of drug-likeness (QED) is 0.522. The second-order valence-corrected chi connectivity index (χ2v) is 9.86. The number of carbonyl (C=O) groups is 3. The first kappa shape index (κ1) is 25.5. The van der Waals surface area contributed by atoms with E-state index in [9.17, 15) is 14.4 Å². The number of rotatable bonds is 8. The van der Waals surface area contributed by atoms with E-state index in [1.165, 1.54) is 6.92 Å². The van der Waals surface area contributed by atoms with Crippen LogP contribution in [0.15, 0.2) is 23.2 Å². The lowest BCUT2D eigenvalue weighted by Gasteiger charge is -2.31. The number of nitrogens with zero attached hydrogens (tertiary/aromatic N) is 3. The molecule has 0 saturated carbocycles. The molecule has 0 aliphatic carbocycles. The van der Waals surface area contributed by atoms with E-state index >= 15 is 0 Å². The van der Waals surface area contributed by atoms with Crippen LogP contribution in [0.4, 0.5) is 5.69 Å². The molecule has 186 valence electrons. The molecular formula is C24H36N6O4. The van der Waals surface area contributed by atoms with Crippen molar-refractivity contribution in [3.8, 4) is 5.75 Å². The third-order valence-electron chi connectivity index (χ3n) is 5.65. The Hall–Kier alpha value is -3.14. The lowest BCUT2D eigenvalue weighted by molar-refractivity contribution is -0.124. The lowest BCUT2D eigenvalue weighted by atomic mass is 10.1. The number of fused-ring (bicyclic) bond motifs is 1. The Kier molecular flexibility index (Phi) is 8.14. The number of ether oxygens (including phenoxy) is 1. The minimum absolute atomic E-state index is 0.0685. The number of amides is 3. The second kappa shape index (κ2) is 10.9. The summed E-state index contributed by atoms with van der Waals surface area (Å²) < 4.78 is 5.91. The summed E-state index contributed by atoms with van der Waals surface area (Å²) in [5.41, 5.74) is 6.83. The average Bonchev–Trinajstić information content (AvgIpc) is 3.24. The average molecular weight is 473 g/mol. The minimum atomic E-state index is -0.357. The fourth-order valence-electron chi connectivity index (χ4n) is 4.21. The molecule has 10 heteroatoms. The number of nitrogens with one attached hydrogen (secondary N) is 2. The normalized spacial score (nSPS) is 16.9. The van der Waals surface area contributed by atoms with Crippen LogP contribution in [0.5, 0.6) is 5.75 Å². The van der Waals surface area contributed by atoms with Gasteiger partial charge in [0.2, 0.25) is 23.7 Å². The number of guanidine groups is 1. The zero-order valence-corrected chi connectivity index (χ0v) is 20.5. The number of nitrogens with two attached hydrogens (primary N) is 1. The predicted octanol–water partition coefficient (Wildman–Crippen LogP) is 1.26. The molecule has 1 unspecified atom stereocenters. The van der Waals surface area contributed by atoms with Crippen LogP contribution in [0.2, 0.25) is 0 Å². The fraction of sp³-hybridized carbons (Fsp3) is 0.583. The van der Waals surface area contributed by atoms with E-state index in [-0.39, 0.29) is 35.8 Å². The predicted molar refractivity (Wildman–Crippen MR) is 130 cm³/mol. The molecule has 10 nitrogen and oxygen atoms in total. The lowest BCUT2D eigenvalue weighted by Crippen LogP contribution is -2.51. The summed E-state index contributed by atoms with van der Waals surface area (Å²) in [6.45, 7) is 9.76. The van der Waals surface area contributed by atoms with E-state index in [0.717, 1.165) is 31.5 Å². The van der Waals surface area contributed by atoms with Crippen LogP contribution in [-0.2, 0) is 20.9 Å². The SMILES string of the molecule is CC(=O)NC1=Nc2cc(OCCC(C(N)=O)N3CCCC3)ccc2CN1CC(=O)NC(C)(C)C. The molecule has 4 N–H and O–H groups in total. The van der Waals surface area contributed by atoms with Gasteiger partial charge in [0.05, 0.1) is 18.3 Å². The molecule has 2 heterocycles. The molecule has 1 saturated heterocycles. The molecule has 3 amide bonds. The van der Waals surface area contributed by atoms with Gasteiger partial charge >= 0.3 is 0 Å². The maximum absolute atomic E-state index is 12.5. The molecule has 0 spiro atoms. The zero-order chi connectivity index (χ0) is 24.9. The van der Waals surface area contributed by atoms with Gasteiger partial charge in [-0.25, -0.2) is 4.99 Å². The summed E-state index contributed by atoms with van der Waals surface area (Å²) in [6, 6.07) is 5.23. The van der Waals surface area contributed by atoms with Crippen molar-refractivity contribution in [3.63, 3.8) is 0 Å². The Morgan fingerprint density at radius 2 is 1.91 bits per heavy atom. The van der Waals surface area contributed by atoms with Crippen molar-refractivity contribution in [2.45, 2.75) is 65.1 Å². The highest BCUT2D eigenvalue weighted by molar-refractivity contribution is 5.99. The van der Waals surface area contributed by atoms with Crippen molar-refractivity contribution >= 4 is 29.4 Å². The number of primary amides is 1. The maximum atomic E-state index is 12.5. The third-order valence-corrected chi connectivity index (χ3v) is 5.65. The maximum Gasteiger partial charge on any atom is 0.240 e. The summed E-state index contributed by atoms with van der Waals surface area (Å²) in [7, 11) is 0. The summed E-state index contributed by atoms with van der Waals surface area (Å²) in [5.74, 6) is 0.194. The number of hydrogen-bond donors (Lipinski definition) is 3. The first-order chi connectivity index (χ1) is 16.0. The number of benzene rings is 1. The topological polar surface area (TPSA) is 129 Å². The van der Waals surface area contributed by atoms with Gasteiger partial charge < -0.3 is 20.7 Å². The van der Waals surface area contributed by atoms with Gasteiger partial charge in [0, 0.05) is 31.5 Å². The van der Waals surface area contributed by atoms with Crippen LogP contribution >= 0.6 is 0 Å². The molecular weight excluding hydrogens is 436 g/mol. The Labute approximate surface area is 200 Å². The van der Waals surface area contributed by atoms with Crippen LogP contribution in [-0.4, -0.2) is 71.3 Å². The fourth-order valence-corrected chi connectivity index (χ4v) is 4.21. The zero-order valence-electron chi connectivity index (χ0n) is 20.5. The van der Waals surface area contributed by atoms with Gasteiger partial charge in [0.15, 0.2) is 0 Å². The summed E-state index contributed by atoms with van der Waals surface area (Å²) in [5, 5.41) is 5.65. The summed E-state index contributed by atoms with van der Waals surface area (Å²) >= 11 is 0. The molecule has 1 aromatic rings. The first-order valence-corrected chi connectivity index (χ1v) is 11.7. The number of carbonyl (C=O) groups excluding carboxylic acids is 3. The molecule has 1 aromatic carbocycles. The molecule has 34 heavy (non-hydrogen) atoms. The van der Waals surface area contributed by atoms with Crippen molar-refractivity contribution in [1.82, 2.24) is 20.4 Å². The molecule has 0 radical (unpaired) electrons. The monoisotopic (exact) mass is 472 g/mol. The molecule has 2 aliphatic rings. The van der Waals surface area contributed by atoms with Crippen molar-refractivity contribution in [3.05, 3.63) is 23.8 Å². The smallest absolute Gasteiger partial charge is 0.240 e. The number of hydrogen-bond acceptors (Lipinski definition) is 7. The van der Waals surface area contributed by atoms with Gasteiger partial charge in [-0.15, -0.1) is 0 Å². The number of aliphatic imine (C=N–C) groups is 1. The standard InChI is InChI=1S/C24H36N6O4/c1-16(31)26-23-27-19-13-18(34-12-9-20(22(25)33)29-10-5-6-11-29)8-7-17(19)14-30(23)15-21(32)28-24(2,3)4/h7-8,13,20H,5-6,9-12,14-15H2,1-4H3,(H2,25,33)(H,28,32)(H,26,27,31). The molecule has 0 bridgehead atoms. The van der Waals surface area contributed by atoms with Crippen LogP contribution in [0.3, 0.4) is 0 Å². The Morgan fingerprint density at radius 1 is 1.21 bits per heavy atom. The number of likely N-dealkylation sites (tertiary alicyclic amines) is 1. The highest BCUT2D eigenvalue weighted by Crippen LogP contribution is 2.30. The van der Waals surface area contributed by atoms with E-state index in [2.05, 4.69) is 20.5 Å². The Morgan fingerprint density at radius 3 is 2.53 bits per heavy atom. The summed E-state index contributed by atoms with van der Waals surface area (Å²) in [4.78, 5) is 44.5. The van der Waals surface area contributed by atoms with E-state index in [4.69, 9.17) is 10.5 Å². The van der Waals surface area contributed by atoms with Gasteiger partial charge in [-0.3, -0.25) is 24.6 Å². The Bertz CT molecular complexity index is 949. The summed E-state index contributed by atoms with van der Waals surface area (Å²) in [6.07, 6.45) is 2.68. The van der Waals surface area contributed by atoms with Crippen LogP contribution in [0.1, 0.15) is 52.5 Å². The molecule has 2 aliphatic heterocycles. The Balaban J connectivity index is 1.67. The largest absolute Gasteiger partial charge is 0.493 e.